The zero-order valence-electron chi connectivity index (χ0n) is 5.73. The summed E-state index contributed by atoms with van der Waals surface area (Å²) in [6.07, 6.45) is 1.35. The number of ketones is 1. The molecule has 0 aromatic heterocycles. The first-order chi connectivity index (χ1) is 4.52. The second-order valence-corrected chi connectivity index (χ2v) is 5.55. The molecule has 0 bridgehead atoms. The third-order valence-electron chi connectivity index (χ3n) is 0.682. The van der Waals surface area contributed by atoms with Crippen molar-refractivity contribution in [3.63, 3.8) is 0 Å². The van der Waals surface area contributed by atoms with Crippen molar-refractivity contribution in [1.29, 1.82) is 0 Å². The average Bonchev–Trinajstić information content (AvgIpc) is 1.58. The number of hydrogen-bond acceptors (Lipinski definition) is 2. The van der Waals surface area contributed by atoms with Crippen LogP contribution in [-0.4, -0.2) is 18.4 Å². The van der Waals surface area contributed by atoms with Gasteiger partial charge in [0.1, 0.15) is 0 Å². The maximum atomic E-state index is 10.4. The Kier molecular flexibility index (Phi) is 5.20. The summed E-state index contributed by atoms with van der Waals surface area (Å²) in [6.45, 7) is 3.08. The molecule has 0 spiro atoms. The molecule has 2 nitrogen and oxygen atoms in total. The van der Waals surface area contributed by atoms with Gasteiger partial charge in [-0.1, -0.05) is 0 Å². The Hall–Kier alpha value is 0.322. The molecule has 0 saturated carbocycles. The van der Waals surface area contributed by atoms with E-state index in [0.717, 1.165) is 0 Å². The molecule has 5 heteroatoms. The third-order valence-corrected chi connectivity index (χ3v) is 1.77. The predicted octanol–water partition coefficient (Wildman–Crippen LogP) is 1.96. The highest BCUT2D eigenvalue weighted by Gasteiger charge is 2.17. The van der Waals surface area contributed by atoms with Crippen LogP contribution in [-0.2, 0) is 8.58 Å². The van der Waals surface area contributed by atoms with Gasteiger partial charge < -0.3 is 3.79 Å². The van der Waals surface area contributed by atoms with Gasteiger partial charge in [0, 0.05) is 6.08 Å². The topological polar surface area (TPSA) is 26.3 Å². The highest BCUT2D eigenvalue weighted by Crippen LogP contribution is 2.05. The van der Waals surface area contributed by atoms with Gasteiger partial charge in [0.25, 0.3) is 0 Å². The maximum Gasteiger partial charge on any atom is 0.815 e. The number of allylic oxidation sites excluding steroid dienone is 2. The lowest BCUT2D eigenvalue weighted by molar-refractivity contribution is -0.112. The molecule has 0 rings (SSSR count). The van der Waals surface area contributed by atoms with Gasteiger partial charge >= 0.3 is 12.6 Å². The molecule has 0 heterocycles. The van der Waals surface area contributed by atoms with E-state index in [1.165, 1.54) is 13.0 Å². The number of halogens is 2. The Morgan fingerprint density at radius 2 is 2.00 bits per heavy atom. The summed E-state index contributed by atoms with van der Waals surface area (Å²) in [5, 5.41) is 0. The fourth-order valence-corrected chi connectivity index (χ4v) is 1.65. The van der Waals surface area contributed by atoms with E-state index in [2.05, 4.69) is 0 Å². The summed E-state index contributed by atoms with van der Waals surface area (Å²) in [6, 6.07) is 0. The smallest absolute Gasteiger partial charge is 0.623 e. The number of rotatable bonds is 3. The zero-order valence-corrected chi connectivity index (χ0v) is 8.39. The average molecular weight is 197 g/mol. The van der Waals surface area contributed by atoms with E-state index in [1.54, 1.807) is 6.92 Å². The van der Waals surface area contributed by atoms with Gasteiger partial charge in [-0.2, -0.15) is 20.1 Å². The maximum absolute atomic E-state index is 10.4. The van der Waals surface area contributed by atoms with E-state index < -0.39 is 12.6 Å². The van der Waals surface area contributed by atoms with Gasteiger partial charge in [-0.3, -0.25) is 4.79 Å². The molecule has 0 aromatic carbocycles. The van der Waals surface area contributed by atoms with E-state index >= 15 is 0 Å². The lowest BCUT2D eigenvalue weighted by Crippen LogP contribution is -2.00. The molecular formula is C5H7AlCl2O2. The summed E-state index contributed by atoms with van der Waals surface area (Å²) >= 11 is -2.06. The van der Waals surface area contributed by atoms with E-state index in [0.29, 0.717) is 5.76 Å². The van der Waals surface area contributed by atoms with Crippen LogP contribution in [0, 0.1) is 0 Å². The van der Waals surface area contributed by atoms with E-state index in [1.807, 2.05) is 0 Å². The number of carbonyl (C=O) groups excluding carboxylic acids is 1. The Morgan fingerprint density at radius 3 is 2.30 bits per heavy atom. The highest BCUT2D eigenvalue weighted by molar-refractivity contribution is 7.30. The van der Waals surface area contributed by atoms with Crippen molar-refractivity contribution in [3.8, 4) is 0 Å². The first-order valence-corrected chi connectivity index (χ1v) is 6.62. The highest BCUT2D eigenvalue weighted by atomic mass is 35.7. The Labute approximate surface area is 72.9 Å². The largest absolute Gasteiger partial charge is 0.815 e. The zero-order chi connectivity index (χ0) is 8.15. The van der Waals surface area contributed by atoms with Gasteiger partial charge in [-0.05, 0) is 13.8 Å². The quantitative estimate of drug-likeness (QED) is 0.392. The molecule has 0 saturated heterocycles. The van der Waals surface area contributed by atoms with Crippen LogP contribution in [0.1, 0.15) is 13.8 Å². The van der Waals surface area contributed by atoms with E-state index in [4.69, 9.17) is 23.9 Å². The van der Waals surface area contributed by atoms with Gasteiger partial charge in [-0.25, -0.2) is 0 Å². The first kappa shape index (κ1) is 10.3. The molecular weight excluding hydrogens is 190 g/mol. The lowest BCUT2D eigenvalue weighted by Gasteiger charge is -2.02. The van der Waals surface area contributed by atoms with Crippen molar-refractivity contribution in [2.24, 2.45) is 0 Å². The van der Waals surface area contributed by atoms with Gasteiger partial charge in [0.15, 0.2) is 5.78 Å². The SMILES string of the molecule is CC(=O)/C=C(/C)[O][Al]([Cl])[Cl]. The van der Waals surface area contributed by atoms with Crippen molar-refractivity contribution in [3.05, 3.63) is 11.8 Å². The molecule has 56 valence electrons. The predicted molar refractivity (Wildman–Crippen MR) is 43.0 cm³/mol. The second kappa shape index (κ2) is 5.04. The third kappa shape index (κ3) is 6.44. The fraction of sp³-hybridized carbons (Fsp3) is 0.400. The number of carbonyl (C=O) groups is 1. The van der Waals surface area contributed by atoms with Crippen LogP contribution in [0.3, 0.4) is 0 Å². The van der Waals surface area contributed by atoms with Crippen LogP contribution in [0.4, 0.5) is 0 Å². The molecule has 0 amide bonds. The van der Waals surface area contributed by atoms with Crippen LogP contribution < -0.4 is 0 Å². The monoisotopic (exact) mass is 196 g/mol. The Bertz CT molecular complexity index is 156. The standard InChI is InChI=1S/C5H8O2.Al.2ClH/c1-4(6)3-5(2)7;;;/h3,6H,1-2H3;;2*1H/q;+3;;/p-3/b4-3-;;;. The molecule has 0 fully saturated rings. The van der Waals surface area contributed by atoms with Crippen LogP contribution in [0.5, 0.6) is 0 Å². The fourth-order valence-electron chi connectivity index (χ4n) is 0.461. The first-order valence-electron chi connectivity index (χ1n) is 2.66. The normalized spacial score (nSPS) is 11.0. The van der Waals surface area contributed by atoms with Crippen LogP contribution in [0.15, 0.2) is 11.8 Å². The lowest BCUT2D eigenvalue weighted by atomic mass is 10.4. The minimum Gasteiger partial charge on any atom is -0.623 e. The summed E-state index contributed by atoms with van der Waals surface area (Å²) in [5.74, 6) is 0.412. The molecule has 0 aromatic rings. The molecule has 10 heavy (non-hydrogen) atoms. The summed E-state index contributed by atoms with van der Waals surface area (Å²) in [4.78, 5) is 10.4. The molecule has 0 atom stereocenters. The summed E-state index contributed by atoms with van der Waals surface area (Å²) in [7, 11) is 10.8. The van der Waals surface area contributed by atoms with Gasteiger partial charge in [0.05, 0.1) is 5.76 Å². The summed E-state index contributed by atoms with van der Waals surface area (Å²) < 4.78 is 4.87. The van der Waals surface area contributed by atoms with Crippen LogP contribution >= 0.6 is 20.1 Å². The van der Waals surface area contributed by atoms with E-state index in [9.17, 15) is 4.79 Å². The minimum atomic E-state index is -2.06. The number of hydrogen-bond donors (Lipinski definition) is 0. The minimum absolute atomic E-state index is 0.0690. The Morgan fingerprint density at radius 1 is 1.50 bits per heavy atom. The van der Waals surface area contributed by atoms with Crippen molar-refractivity contribution in [2.75, 3.05) is 0 Å². The molecule has 0 radical (unpaired) electrons. The molecule has 0 aliphatic heterocycles. The van der Waals surface area contributed by atoms with Crippen LogP contribution in [0.25, 0.3) is 0 Å². The Balaban J connectivity index is 3.83. The van der Waals surface area contributed by atoms with Crippen molar-refractivity contribution >= 4 is 38.5 Å². The molecule has 0 aliphatic carbocycles. The summed E-state index contributed by atoms with van der Waals surface area (Å²) in [5.41, 5.74) is 0. The molecule has 0 unspecified atom stereocenters. The molecule has 0 aliphatic rings. The van der Waals surface area contributed by atoms with Gasteiger partial charge in [0.2, 0.25) is 0 Å². The van der Waals surface area contributed by atoms with Crippen molar-refractivity contribution in [2.45, 2.75) is 13.8 Å². The van der Waals surface area contributed by atoms with Crippen LogP contribution in [0.2, 0.25) is 0 Å². The van der Waals surface area contributed by atoms with E-state index in [-0.39, 0.29) is 5.78 Å². The van der Waals surface area contributed by atoms with Gasteiger partial charge in [-0.15, -0.1) is 0 Å². The van der Waals surface area contributed by atoms with Crippen molar-refractivity contribution in [1.82, 2.24) is 0 Å². The second-order valence-electron chi connectivity index (χ2n) is 1.74. The molecule has 0 N–H and O–H groups in total. The van der Waals surface area contributed by atoms with Crippen molar-refractivity contribution < 1.29 is 8.58 Å².